The Morgan fingerprint density at radius 1 is 0.962 bits per heavy atom. The number of hydrogen-bond donors (Lipinski definition) is 3. The van der Waals surface area contributed by atoms with Crippen molar-refractivity contribution in [3.05, 3.63) is 60.2 Å². The van der Waals surface area contributed by atoms with E-state index in [2.05, 4.69) is 5.32 Å². The maximum atomic E-state index is 12.3. The molecule has 6 heteroatoms. The van der Waals surface area contributed by atoms with Crippen LogP contribution < -0.4 is 10.1 Å². The molecule has 2 rings (SSSR count). The average molecular weight is 357 g/mol. The number of rotatable bonds is 11. The fraction of sp³-hybridized carbons (Fsp3) is 0.300. The molecule has 0 fully saturated rings. The number of aliphatic hydroxyl groups excluding tert-OH is 1. The minimum Gasteiger partial charge on any atom is -0.480 e. The molecule has 0 bridgehead atoms. The van der Waals surface area contributed by atoms with Crippen LogP contribution in [0.4, 0.5) is 0 Å². The first-order chi connectivity index (χ1) is 12.6. The molecule has 0 aliphatic heterocycles. The third kappa shape index (κ3) is 6.31. The first-order valence-corrected chi connectivity index (χ1v) is 8.53. The third-order valence-electron chi connectivity index (χ3n) is 3.82. The van der Waals surface area contributed by atoms with Gasteiger partial charge in [-0.25, -0.2) is 0 Å². The molecule has 1 atom stereocenters. The molecule has 0 aliphatic carbocycles. The number of nitrogens with one attached hydrogen (secondary N) is 1. The van der Waals surface area contributed by atoms with E-state index >= 15 is 0 Å². The lowest BCUT2D eigenvalue weighted by atomic mass is 10.0. The predicted molar refractivity (Wildman–Crippen MR) is 97.7 cm³/mol. The van der Waals surface area contributed by atoms with Crippen molar-refractivity contribution < 1.29 is 24.5 Å². The highest BCUT2D eigenvalue weighted by molar-refractivity contribution is 5.98. The van der Waals surface area contributed by atoms with E-state index < -0.39 is 12.0 Å². The summed E-state index contributed by atoms with van der Waals surface area (Å²) < 4.78 is 5.67. The molecule has 2 aromatic rings. The largest absolute Gasteiger partial charge is 0.480 e. The minimum absolute atomic E-state index is 0.0652. The number of carbonyl (C=O) groups is 2. The van der Waals surface area contributed by atoms with Gasteiger partial charge in [0.25, 0.3) is 0 Å². The fourth-order valence-corrected chi connectivity index (χ4v) is 2.40. The highest BCUT2D eigenvalue weighted by Gasteiger charge is 2.21. The summed E-state index contributed by atoms with van der Waals surface area (Å²) >= 11 is 0. The number of unbranched alkanes of at least 4 members (excludes halogenated alkanes) is 1. The van der Waals surface area contributed by atoms with Gasteiger partial charge in [0, 0.05) is 18.6 Å². The summed E-state index contributed by atoms with van der Waals surface area (Å²) in [4.78, 5) is 23.6. The van der Waals surface area contributed by atoms with E-state index in [1.165, 1.54) is 0 Å². The summed E-state index contributed by atoms with van der Waals surface area (Å²) in [5.74, 6) is -0.0149. The summed E-state index contributed by atoms with van der Waals surface area (Å²) in [7, 11) is 0. The second kappa shape index (κ2) is 10.3. The van der Waals surface area contributed by atoms with Crippen molar-refractivity contribution in [3.63, 3.8) is 0 Å². The standard InChI is InChI=1S/C20H23NO5/c22-13-5-4-12-21-18(20(24)25)14-19(23)15-8-10-17(11-9-15)26-16-6-2-1-3-7-16/h1-3,6-11,18,21-22H,4-5,12-14H2,(H,24,25). The van der Waals surface area contributed by atoms with E-state index in [1.54, 1.807) is 24.3 Å². The number of carbonyl (C=O) groups excluding carboxylic acids is 1. The Morgan fingerprint density at radius 2 is 1.62 bits per heavy atom. The van der Waals surface area contributed by atoms with E-state index in [4.69, 9.17) is 9.84 Å². The van der Waals surface area contributed by atoms with Gasteiger partial charge in [-0.3, -0.25) is 9.59 Å². The van der Waals surface area contributed by atoms with E-state index in [0.29, 0.717) is 36.4 Å². The number of carboxylic acid groups (broad SMARTS) is 1. The van der Waals surface area contributed by atoms with Crippen LogP contribution in [0, 0.1) is 0 Å². The lowest BCUT2D eigenvalue weighted by Crippen LogP contribution is -2.39. The zero-order chi connectivity index (χ0) is 18.8. The number of ketones is 1. The predicted octanol–water partition coefficient (Wildman–Crippen LogP) is 2.87. The van der Waals surface area contributed by atoms with Crippen LogP contribution in [0.2, 0.25) is 0 Å². The molecule has 0 spiro atoms. The summed E-state index contributed by atoms with van der Waals surface area (Å²) in [5.41, 5.74) is 0.439. The highest BCUT2D eigenvalue weighted by atomic mass is 16.5. The molecule has 0 aliphatic rings. The van der Waals surface area contributed by atoms with Gasteiger partial charge < -0.3 is 20.3 Å². The van der Waals surface area contributed by atoms with E-state index in [-0.39, 0.29) is 18.8 Å². The topological polar surface area (TPSA) is 95.9 Å². The smallest absolute Gasteiger partial charge is 0.321 e. The maximum absolute atomic E-state index is 12.3. The minimum atomic E-state index is -1.06. The third-order valence-corrected chi connectivity index (χ3v) is 3.82. The van der Waals surface area contributed by atoms with Crippen LogP contribution in [-0.4, -0.2) is 41.2 Å². The highest BCUT2D eigenvalue weighted by Crippen LogP contribution is 2.21. The van der Waals surface area contributed by atoms with Crippen LogP contribution in [-0.2, 0) is 4.79 Å². The van der Waals surface area contributed by atoms with Crippen molar-refractivity contribution in [1.82, 2.24) is 5.32 Å². The van der Waals surface area contributed by atoms with Crippen LogP contribution in [0.5, 0.6) is 11.5 Å². The lowest BCUT2D eigenvalue weighted by Gasteiger charge is -2.14. The van der Waals surface area contributed by atoms with Gasteiger partial charge in [0.1, 0.15) is 17.5 Å². The molecule has 26 heavy (non-hydrogen) atoms. The Balaban J connectivity index is 1.92. The van der Waals surface area contributed by atoms with Crippen molar-refractivity contribution in [2.75, 3.05) is 13.2 Å². The van der Waals surface area contributed by atoms with Gasteiger partial charge in [-0.05, 0) is 55.8 Å². The molecule has 0 aromatic heterocycles. The first kappa shape index (κ1) is 19.6. The Morgan fingerprint density at radius 3 is 2.23 bits per heavy atom. The number of aliphatic hydroxyl groups is 1. The first-order valence-electron chi connectivity index (χ1n) is 8.53. The summed E-state index contributed by atoms with van der Waals surface area (Å²) in [6, 6.07) is 15.0. The molecule has 3 N–H and O–H groups in total. The van der Waals surface area contributed by atoms with Crippen LogP contribution in [0.3, 0.4) is 0 Å². The molecule has 2 aromatic carbocycles. The molecular formula is C20H23NO5. The quantitative estimate of drug-likeness (QED) is 0.423. The van der Waals surface area contributed by atoms with Crippen LogP contribution in [0.25, 0.3) is 0 Å². The Hall–Kier alpha value is -2.70. The maximum Gasteiger partial charge on any atom is 0.321 e. The second-order valence-corrected chi connectivity index (χ2v) is 5.84. The van der Waals surface area contributed by atoms with Crippen molar-refractivity contribution in [2.45, 2.75) is 25.3 Å². The normalized spacial score (nSPS) is 11.7. The number of aliphatic carboxylic acids is 1. The van der Waals surface area contributed by atoms with Crippen molar-refractivity contribution in [2.24, 2.45) is 0 Å². The zero-order valence-electron chi connectivity index (χ0n) is 14.4. The fourth-order valence-electron chi connectivity index (χ4n) is 2.40. The number of Topliss-reactive ketones (excluding diaryl/α,β-unsaturated/α-hetero) is 1. The van der Waals surface area contributed by atoms with E-state index in [0.717, 1.165) is 0 Å². The molecule has 6 nitrogen and oxygen atoms in total. The van der Waals surface area contributed by atoms with Crippen molar-refractivity contribution >= 4 is 11.8 Å². The molecule has 0 saturated heterocycles. The van der Waals surface area contributed by atoms with Crippen LogP contribution in [0.1, 0.15) is 29.6 Å². The van der Waals surface area contributed by atoms with Gasteiger partial charge in [-0.15, -0.1) is 0 Å². The SMILES string of the molecule is O=C(CC(NCCCCO)C(=O)O)c1ccc(Oc2ccccc2)cc1. The summed E-state index contributed by atoms with van der Waals surface area (Å²) in [6.07, 6.45) is 1.11. The summed E-state index contributed by atoms with van der Waals surface area (Å²) in [5, 5.41) is 20.8. The monoisotopic (exact) mass is 357 g/mol. The molecule has 0 heterocycles. The van der Waals surface area contributed by atoms with Gasteiger partial charge in [0.2, 0.25) is 0 Å². The lowest BCUT2D eigenvalue weighted by molar-refractivity contribution is -0.139. The second-order valence-electron chi connectivity index (χ2n) is 5.84. The van der Waals surface area contributed by atoms with E-state index in [9.17, 15) is 14.7 Å². The zero-order valence-corrected chi connectivity index (χ0v) is 14.4. The molecule has 0 radical (unpaired) electrons. The number of carboxylic acids is 1. The number of ether oxygens (including phenoxy) is 1. The van der Waals surface area contributed by atoms with Crippen LogP contribution >= 0.6 is 0 Å². The molecule has 138 valence electrons. The van der Waals surface area contributed by atoms with Crippen molar-refractivity contribution in [1.29, 1.82) is 0 Å². The molecule has 1 unspecified atom stereocenters. The number of para-hydroxylation sites is 1. The molecule has 0 saturated carbocycles. The molecule has 0 amide bonds. The van der Waals surface area contributed by atoms with Crippen molar-refractivity contribution in [3.8, 4) is 11.5 Å². The Kier molecular flexibility index (Phi) is 7.79. The van der Waals surface area contributed by atoms with E-state index in [1.807, 2.05) is 30.3 Å². The van der Waals surface area contributed by atoms with Gasteiger partial charge in [-0.1, -0.05) is 18.2 Å². The molecular weight excluding hydrogens is 334 g/mol. The Labute approximate surface area is 152 Å². The number of benzene rings is 2. The Bertz CT molecular complexity index is 700. The van der Waals surface area contributed by atoms with Crippen LogP contribution in [0.15, 0.2) is 54.6 Å². The average Bonchev–Trinajstić information content (AvgIpc) is 2.65. The van der Waals surface area contributed by atoms with Gasteiger partial charge >= 0.3 is 5.97 Å². The van der Waals surface area contributed by atoms with Gasteiger partial charge in [0.05, 0.1) is 0 Å². The summed E-state index contributed by atoms with van der Waals surface area (Å²) in [6.45, 7) is 0.504. The number of hydrogen-bond acceptors (Lipinski definition) is 5. The van der Waals surface area contributed by atoms with Gasteiger partial charge in [-0.2, -0.15) is 0 Å². The van der Waals surface area contributed by atoms with Gasteiger partial charge in [0.15, 0.2) is 5.78 Å².